The molecule has 0 aliphatic carbocycles. The molecule has 0 unspecified atom stereocenters. The third kappa shape index (κ3) is 4.15. The predicted octanol–water partition coefficient (Wildman–Crippen LogP) is 3.80. The lowest BCUT2D eigenvalue weighted by Crippen LogP contribution is -2.39. The molecule has 0 spiro atoms. The minimum Gasteiger partial charge on any atom is -0.496 e. The quantitative estimate of drug-likeness (QED) is 0.335. The van der Waals surface area contributed by atoms with Crippen LogP contribution >= 0.6 is 0 Å². The van der Waals surface area contributed by atoms with Gasteiger partial charge in [0.1, 0.15) is 11.6 Å². The van der Waals surface area contributed by atoms with Crippen LogP contribution in [0.2, 0.25) is 0 Å². The summed E-state index contributed by atoms with van der Waals surface area (Å²) < 4.78 is 20.3. The summed E-state index contributed by atoms with van der Waals surface area (Å²) in [5.41, 5.74) is 2.46. The Morgan fingerprint density at radius 3 is 2.44 bits per heavy atom. The first-order valence-corrected chi connectivity index (χ1v) is 10.6. The smallest absolute Gasteiger partial charge is 0.257 e. The number of nitrogens with zero attached hydrogens (tertiary/aromatic N) is 2. The third-order valence-corrected chi connectivity index (χ3v) is 6.25. The Morgan fingerprint density at radius 1 is 1.12 bits per heavy atom. The molecule has 166 valence electrons. The molecule has 0 radical (unpaired) electrons. The topological polar surface area (TPSA) is 68.6 Å². The monoisotopic (exact) mass is 436 g/mol. The zero-order valence-electron chi connectivity index (χ0n) is 18.1. The minimum atomic E-state index is -0.624. The molecule has 1 aliphatic rings. The van der Waals surface area contributed by atoms with Crippen molar-refractivity contribution in [3.63, 3.8) is 0 Å². The average molecular weight is 436 g/mol. The first-order chi connectivity index (χ1) is 15.4. The zero-order valence-corrected chi connectivity index (χ0v) is 18.1. The number of rotatable bonds is 6. The van der Waals surface area contributed by atoms with E-state index in [4.69, 9.17) is 4.74 Å². The van der Waals surface area contributed by atoms with Crippen molar-refractivity contribution in [3.8, 4) is 5.75 Å². The number of piperidine rings is 1. The summed E-state index contributed by atoms with van der Waals surface area (Å²) in [5, 5.41) is 0.556. The number of Topliss-reactive ketones (excluding diaryl/α,β-unsaturated/α-hetero) is 1. The van der Waals surface area contributed by atoms with Crippen molar-refractivity contribution < 1.29 is 23.5 Å². The van der Waals surface area contributed by atoms with Crippen LogP contribution in [0.3, 0.4) is 0 Å². The molecule has 1 aliphatic heterocycles. The molecular formula is C25H25FN2O4. The van der Waals surface area contributed by atoms with Crippen molar-refractivity contribution in [1.82, 2.24) is 9.47 Å². The third-order valence-electron chi connectivity index (χ3n) is 6.25. The Morgan fingerprint density at radius 2 is 1.81 bits per heavy atom. The number of aldehydes is 1. The highest BCUT2D eigenvalue weighted by molar-refractivity contribution is 6.36. The van der Waals surface area contributed by atoms with Gasteiger partial charge < -0.3 is 14.2 Å². The number of hydrogen-bond donors (Lipinski definition) is 0. The van der Waals surface area contributed by atoms with Gasteiger partial charge in [-0.15, -0.1) is 0 Å². The van der Waals surface area contributed by atoms with Gasteiger partial charge in [-0.3, -0.25) is 14.4 Å². The first kappa shape index (κ1) is 21.7. The summed E-state index contributed by atoms with van der Waals surface area (Å²) in [6, 6.07) is 9.95. The maximum atomic E-state index is 13.3. The number of methoxy groups -OCH3 is 1. The standard InChI is InChI=1S/C25H25FN2O4/c1-27-14-21(23(30)15-29)19-12-20(24(32-2)13-22(19)27)25(31)28-9-7-17(8-10-28)11-16-3-5-18(26)6-4-16/h3-6,12-15,17H,7-11H2,1-2H3. The van der Waals surface area contributed by atoms with Gasteiger partial charge in [-0.1, -0.05) is 12.1 Å². The van der Waals surface area contributed by atoms with E-state index < -0.39 is 5.78 Å². The molecular weight excluding hydrogens is 411 g/mol. The molecule has 1 aromatic heterocycles. The van der Waals surface area contributed by atoms with E-state index in [1.807, 2.05) is 12.1 Å². The van der Waals surface area contributed by atoms with Crippen molar-refractivity contribution in [1.29, 1.82) is 0 Å². The molecule has 6 nitrogen and oxygen atoms in total. The fourth-order valence-corrected chi connectivity index (χ4v) is 4.47. The Labute approximate surface area is 185 Å². The Kier molecular flexibility index (Phi) is 6.08. The van der Waals surface area contributed by atoms with Crippen LogP contribution in [-0.4, -0.2) is 47.6 Å². The number of carbonyl (C=O) groups is 3. The van der Waals surface area contributed by atoms with Gasteiger partial charge in [-0.05, 0) is 48.9 Å². The number of aromatic nitrogens is 1. The number of halogens is 1. The lowest BCUT2D eigenvalue weighted by molar-refractivity contribution is -0.104. The molecule has 1 amide bonds. The van der Waals surface area contributed by atoms with E-state index in [0.717, 1.165) is 24.8 Å². The number of likely N-dealkylation sites (tertiary alicyclic amines) is 1. The van der Waals surface area contributed by atoms with Crippen molar-refractivity contribution in [2.75, 3.05) is 20.2 Å². The van der Waals surface area contributed by atoms with Gasteiger partial charge in [0.15, 0.2) is 6.29 Å². The molecule has 7 heteroatoms. The lowest BCUT2D eigenvalue weighted by Gasteiger charge is -2.32. The number of amides is 1. The van der Waals surface area contributed by atoms with Gasteiger partial charge in [0, 0.05) is 37.8 Å². The molecule has 1 saturated heterocycles. The molecule has 2 heterocycles. The fraction of sp³-hybridized carbons (Fsp3) is 0.320. The van der Waals surface area contributed by atoms with Crippen LogP contribution in [0, 0.1) is 11.7 Å². The molecule has 0 bridgehead atoms. The average Bonchev–Trinajstić information content (AvgIpc) is 3.14. The van der Waals surface area contributed by atoms with E-state index >= 15 is 0 Å². The van der Waals surface area contributed by atoms with E-state index in [0.29, 0.717) is 41.2 Å². The van der Waals surface area contributed by atoms with Crippen LogP contribution < -0.4 is 4.74 Å². The number of aryl methyl sites for hydroxylation is 1. The van der Waals surface area contributed by atoms with Gasteiger partial charge in [-0.25, -0.2) is 4.39 Å². The predicted molar refractivity (Wildman–Crippen MR) is 119 cm³/mol. The number of ether oxygens (including phenoxy) is 1. The minimum absolute atomic E-state index is 0.155. The van der Waals surface area contributed by atoms with Crippen molar-refractivity contribution >= 4 is 28.9 Å². The highest BCUT2D eigenvalue weighted by atomic mass is 19.1. The molecule has 0 saturated carbocycles. The van der Waals surface area contributed by atoms with Crippen molar-refractivity contribution in [2.45, 2.75) is 19.3 Å². The summed E-state index contributed by atoms with van der Waals surface area (Å²) in [7, 11) is 3.28. The highest BCUT2D eigenvalue weighted by Gasteiger charge is 2.27. The Bertz CT molecular complexity index is 1170. The number of fused-ring (bicyclic) bond motifs is 1. The second-order valence-corrected chi connectivity index (χ2v) is 8.27. The Balaban J connectivity index is 1.54. The van der Waals surface area contributed by atoms with Gasteiger partial charge in [0.2, 0.25) is 5.78 Å². The van der Waals surface area contributed by atoms with Crippen molar-refractivity contribution in [2.24, 2.45) is 13.0 Å². The number of carbonyl (C=O) groups excluding carboxylic acids is 3. The van der Waals surface area contributed by atoms with Gasteiger partial charge >= 0.3 is 0 Å². The number of hydrogen-bond acceptors (Lipinski definition) is 4. The fourth-order valence-electron chi connectivity index (χ4n) is 4.47. The second kappa shape index (κ2) is 8.94. The van der Waals surface area contributed by atoms with Crippen LogP contribution in [0.25, 0.3) is 10.9 Å². The summed E-state index contributed by atoms with van der Waals surface area (Å²) in [6.07, 6.45) is 4.45. The van der Waals surface area contributed by atoms with E-state index in [-0.39, 0.29) is 23.6 Å². The van der Waals surface area contributed by atoms with Crippen LogP contribution in [0.4, 0.5) is 4.39 Å². The summed E-state index contributed by atoms with van der Waals surface area (Å²) in [6.45, 7) is 1.22. The van der Waals surface area contributed by atoms with Crippen LogP contribution in [0.5, 0.6) is 5.75 Å². The molecule has 1 fully saturated rings. The summed E-state index contributed by atoms with van der Waals surface area (Å²) in [5.74, 6) is -0.156. The van der Waals surface area contributed by atoms with Crippen LogP contribution in [-0.2, 0) is 18.3 Å². The first-order valence-electron chi connectivity index (χ1n) is 10.6. The molecule has 4 rings (SSSR count). The van der Waals surface area contributed by atoms with Gasteiger partial charge in [0.25, 0.3) is 5.91 Å². The second-order valence-electron chi connectivity index (χ2n) is 8.27. The summed E-state index contributed by atoms with van der Waals surface area (Å²) in [4.78, 5) is 38.2. The van der Waals surface area contributed by atoms with E-state index in [1.165, 1.54) is 19.2 Å². The van der Waals surface area contributed by atoms with Gasteiger partial charge in [0.05, 0.1) is 23.8 Å². The molecule has 0 N–H and O–H groups in total. The molecule has 3 aromatic rings. The van der Waals surface area contributed by atoms with Crippen LogP contribution in [0.1, 0.15) is 39.1 Å². The highest BCUT2D eigenvalue weighted by Crippen LogP contribution is 2.31. The largest absolute Gasteiger partial charge is 0.496 e. The van der Waals surface area contributed by atoms with Crippen LogP contribution in [0.15, 0.2) is 42.6 Å². The van der Waals surface area contributed by atoms with E-state index in [9.17, 15) is 18.8 Å². The molecule has 0 atom stereocenters. The van der Waals surface area contributed by atoms with E-state index in [2.05, 4.69) is 0 Å². The lowest BCUT2D eigenvalue weighted by atomic mass is 9.90. The zero-order chi connectivity index (χ0) is 22.8. The number of ketones is 1. The van der Waals surface area contributed by atoms with Crippen molar-refractivity contribution in [3.05, 3.63) is 65.1 Å². The SMILES string of the molecule is COc1cc2c(cc1C(=O)N1CCC(Cc3ccc(F)cc3)CC1)c(C(=O)C=O)cn2C. The summed E-state index contributed by atoms with van der Waals surface area (Å²) >= 11 is 0. The Hall–Kier alpha value is -3.48. The van der Waals surface area contributed by atoms with E-state index in [1.54, 1.807) is 34.8 Å². The normalized spacial score (nSPS) is 14.5. The van der Waals surface area contributed by atoms with Gasteiger partial charge in [-0.2, -0.15) is 0 Å². The molecule has 2 aromatic carbocycles. The molecule has 32 heavy (non-hydrogen) atoms. The maximum Gasteiger partial charge on any atom is 0.257 e. The maximum absolute atomic E-state index is 13.3. The number of benzene rings is 2.